The molecule has 0 amide bonds. The van der Waals surface area contributed by atoms with Crippen molar-refractivity contribution in [2.24, 2.45) is 5.41 Å². The van der Waals surface area contributed by atoms with Crippen LogP contribution in [0.25, 0.3) is 0 Å². The van der Waals surface area contributed by atoms with E-state index in [-0.39, 0.29) is 6.42 Å². The largest absolute Gasteiger partial charge is 0.481 e. The fourth-order valence-electron chi connectivity index (χ4n) is 2.85. The van der Waals surface area contributed by atoms with Crippen molar-refractivity contribution in [3.8, 4) is 0 Å². The zero-order chi connectivity index (χ0) is 15.7. The van der Waals surface area contributed by atoms with Crippen molar-refractivity contribution in [2.45, 2.75) is 60.5 Å². The Balaban J connectivity index is 3.10. The van der Waals surface area contributed by atoms with E-state index in [0.29, 0.717) is 6.42 Å². The summed E-state index contributed by atoms with van der Waals surface area (Å²) in [7, 11) is 0. The van der Waals surface area contributed by atoms with Gasteiger partial charge in [-0.2, -0.15) is 0 Å². The van der Waals surface area contributed by atoms with E-state index in [2.05, 4.69) is 6.07 Å². The lowest BCUT2D eigenvalue weighted by molar-refractivity contribution is -0.139. The molecule has 0 heterocycles. The average molecular weight is 278 g/mol. The van der Waals surface area contributed by atoms with Crippen LogP contribution in [0.1, 0.15) is 60.6 Å². The molecule has 0 fully saturated rings. The van der Waals surface area contributed by atoms with Crippen molar-refractivity contribution in [3.05, 3.63) is 33.9 Å². The monoisotopic (exact) mass is 278 g/mol. The molecule has 0 aliphatic rings. The normalized spacial score (nSPS) is 13.3. The number of aliphatic hydroxyl groups is 1. The van der Waals surface area contributed by atoms with Crippen molar-refractivity contribution in [1.29, 1.82) is 0 Å². The van der Waals surface area contributed by atoms with Crippen LogP contribution in [0, 0.1) is 33.1 Å². The highest BCUT2D eigenvalue weighted by molar-refractivity contribution is 5.67. The number of carboxylic acids is 1. The first-order valence-electron chi connectivity index (χ1n) is 7.02. The van der Waals surface area contributed by atoms with E-state index in [4.69, 9.17) is 5.11 Å². The smallest absolute Gasteiger partial charge is 0.303 e. The topological polar surface area (TPSA) is 57.5 Å². The molecule has 112 valence electrons. The maximum Gasteiger partial charge on any atom is 0.303 e. The first kappa shape index (κ1) is 16.7. The molecule has 0 aromatic heterocycles. The molecule has 3 nitrogen and oxygen atoms in total. The van der Waals surface area contributed by atoms with Gasteiger partial charge in [-0.25, -0.2) is 0 Å². The number of rotatable bonds is 5. The van der Waals surface area contributed by atoms with Crippen LogP contribution in [0.15, 0.2) is 6.07 Å². The lowest BCUT2D eigenvalue weighted by Gasteiger charge is -2.28. The summed E-state index contributed by atoms with van der Waals surface area (Å²) in [6.45, 7) is 11.9. The predicted octanol–water partition coefficient (Wildman–Crippen LogP) is 3.84. The number of benzene rings is 1. The predicted molar refractivity (Wildman–Crippen MR) is 81.0 cm³/mol. The molecule has 1 atom stereocenters. The van der Waals surface area contributed by atoms with E-state index in [0.717, 1.165) is 27.8 Å². The Morgan fingerprint density at radius 1 is 1.15 bits per heavy atom. The van der Waals surface area contributed by atoms with Gasteiger partial charge in [0.15, 0.2) is 0 Å². The molecule has 1 aromatic carbocycles. The number of hydrogen-bond acceptors (Lipinski definition) is 2. The SMILES string of the molecule is Cc1cc(C)c(C)c(C(O)CC(C)(C)CC(=O)O)c1C. The van der Waals surface area contributed by atoms with E-state index in [9.17, 15) is 9.90 Å². The first-order chi connectivity index (χ1) is 9.05. The molecule has 0 aliphatic carbocycles. The minimum absolute atomic E-state index is 0.0625. The van der Waals surface area contributed by atoms with Gasteiger partial charge in [-0.1, -0.05) is 19.9 Å². The number of carboxylic acid groups (broad SMARTS) is 1. The van der Waals surface area contributed by atoms with Gasteiger partial charge >= 0.3 is 5.97 Å². The Bertz CT molecular complexity index is 489. The summed E-state index contributed by atoms with van der Waals surface area (Å²) < 4.78 is 0. The van der Waals surface area contributed by atoms with E-state index >= 15 is 0 Å². The summed E-state index contributed by atoms with van der Waals surface area (Å²) in [5.41, 5.74) is 5.07. The molecule has 20 heavy (non-hydrogen) atoms. The van der Waals surface area contributed by atoms with Crippen LogP contribution < -0.4 is 0 Å². The van der Waals surface area contributed by atoms with Crippen LogP contribution >= 0.6 is 0 Å². The van der Waals surface area contributed by atoms with E-state index in [1.165, 1.54) is 0 Å². The molecular formula is C17H26O3. The maximum absolute atomic E-state index is 10.9. The standard InChI is InChI=1S/C17H26O3/c1-10-7-11(2)13(4)16(12(10)3)14(18)8-17(5,6)9-15(19)20/h7,14,18H,8-9H2,1-6H3,(H,19,20). The summed E-state index contributed by atoms with van der Waals surface area (Å²) in [5, 5.41) is 19.5. The van der Waals surface area contributed by atoms with E-state index in [1.807, 2.05) is 41.5 Å². The maximum atomic E-state index is 10.9. The van der Waals surface area contributed by atoms with Gasteiger partial charge in [-0.15, -0.1) is 0 Å². The lowest BCUT2D eigenvalue weighted by atomic mass is 9.79. The van der Waals surface area contributed by atoms with Crippen molar-refractivity contribution in [1.82, 2.24) is 0 Å². The van der Waals surface area contributed by atoms with Crippen LogP contribution in [-0.2, 0) is 4.79 Å². The zero-order valence-corrected chi connectivity index (χ0v) is 13.4. The highest BCUT2D eigenvalue weighted by Gasteiger charge is 2.27. The second-order valence-corrected chi connectivity index (χ2v) is 6.63. The number of aryl methyl sites for hydroxylation is 2. The average Bonchev–Trinajstić information content (AvgIpc) is 2.23. The molecule has 1 rings (SSSR count). The van der Waals surface area contributed by atoms with Crippen molar-refractivity contribution in [3.63, 3.8) is 0 Å². The fraction of sp³-hybridized carbons (Fsp3) is 0.588. The third-order valence-electron chi connectivity index (χ3n) is 4.13. The first-order valence-corrected chi connectivity index (χ1v) is 7.02. The van der Waals surface area contributed by atoms with Gasteiger partial charge in [-0.3, -0.25) is 4.79 Å². The van der Waals surface area contributed by atoms with Gasteiger partial charge in [0, 0.05) is 0 Å². The van der Waals surface area contributed by atoms with Crippen LogP contribution in [0.5, 0.6) is 0 Å². The Labute approximate surface area is 121 Å². The Hall–Kier alpha value is -1.35. The van der Waals surface area contributed by atoms with Gasteiger partial charge in [0.05, 0.1) is 12.5 Å². The van der Waals surface area contributed by atoms with Gasteiger partial charge in [0.2, 0.25) is 0 Å². The molecule has 0 saturated heterocycles. The summed E-state index contributed by atoms with van der Waals surface area (Å²) in [6, 6.07) is 2.13. The van der Waals surface area contributed by atoms with Crippen LogP contribution in [-0.4, -0.2) is 16.2 Å². The van der Waals surface area contributed by atoms with Crippen LogP contribution in [0.2, 0.25) is 0 Å². The molecule has 2 N–H and O–H groups in total. The van der Waals surface area contributed by atoms with Crippen molar-refractivity contribution >= 4 is 5.97 Å². The highest BCUT2D eigenvalue weighted by Crippen LogP contribution is 2.36. The summed E-state index contributed by atoms with van der Waals surface area (Å²) >= 11 is 0. The van der Waals surface area contributed by atoms with Crippen molar-refractivity contribution < 1.29 is 15.0 Å². The molecule has 1 unspecified atom stereocenters. The third kappa shape index (κ3) is 3.83. The zero-order valence-electron chi connectivity index (χ0n) is 13.4. The Morgan fingerprint density at radius 3 is 2.00 bits per heavy atom. The minimum Gasteiger partial charge on any atom is -0.481 e. The number of hydrogen-bond donors (Lipinski definition) is 2. The highest BCUT2D eigenvalue weighted by atomic mass is 16.4. The lowest BCUT2D eigenvalue weighted by Crippen LogP contribution is -2.21. The third-order valence-corrected chi connectivity index (χ3v) is 4.13. The molecule has 1 aromatic rings. The Morgan fingerprint density at radius 2 is 1.60 bits per heavy atom. The number of aliphatic hydroxyl groups excluding tert-OH is 1. The second kappa shape index (κ2) is 5.96. The molecule has 0 bridgehead atoms. The quantitative estimate of drug-likeness (QED) is 0.860. The van der Waals surface area contributed by atoms with Gasteiger partial charge in [0.25, 0.3) is 0 Å². The number of carbonyl (C=O) groups is 1. The van der Waals surface area contributed by atoms with Crippen LogP contribution in [0.3, 0.4) is 0 Å². The van der Waals surface area contributed by atoms with Gasteiger partial charge in [0.1, 0.15) is 0 Å². The molecule has 0 aliphatic heterocycles. The van der Waals surface area contributed by atoms with E-state index < -0.39 is 17.5 Å². The minimum atomic E-state index is -0.823. The number of aliphatic carboxylic acids is 1. The molecule has 0 spiro atoms. The van der Waals surface area contributed by atoms with Crippen LogP contribution in [0.4, 0.5) is 0 Å². The molecule has 0 radical (unpaired) electrons. The second-order valence-electron chi connectivity index (χ2n) is 6.63. The summed E-state index contributed by atoms with van der Waals surface area (Å²) in [5.74, 6) is -0.823. The summed E-state index contributed by atoms with van der Waals surface area (Å²) in [4.78, 5) is 10.9. The van der Waals surface area contributed by atoms with Gasteiger partial charge in [-0.05, 0) is 67.3 Å². The molecule has 0 saturated carbocycles. The van der Waals surface area contributed by atoms with Crippen molar-refractivity contribution in [2.75, 3.05) is 0 Å². The summed E-state index contributed by atoms with van der Waals surface area (Å²) in [6.07, 6.45) is -0.112. The molecule has 3 heteroatoms. The molecular weight excluding hydrogens is 252 g/mol. The van der Waals surface area contributed by atoms with E-state index in [1.54, 1.807) is 0 Å². The van der Waals surface area contributed by atoms with Gasteiger partial charge < -0.3 is 10.2 Å². The fourth-order valence-corrected chi connectivity index (χ4v) is 2.85. The Kier molecular flexibility index (Phi) is 4.98.